The van der Waals surface area contributed by atoms with Crippen LogP contribution in [-0.2, 0) is 16.0 Å². The maximum atomic E-state index is 11.8. The Balaban J connectivity index is 2.28. The number of aliphatic carboxylic acids is 1. The first-order chi connectivity index (χ1) is 9.11. The lowest BCUT2D eigenvalue weighted by Gasteiger charge is -2.20. The van der Waals surface area contributed by atoms with Gasteiger partial charge in [0.15, 0.2) is 0 Å². The SMILES string of the molecule is CCOC(=O)N1CCc2sccc2C(=CC(=O)O)C1. The van der Waals surface area contributed by atoms with Crippen LogP contribution < -0.4 is 0 Å². The molecule has 19 heavy (non-hydrogen) atoms. The molecule has 0 saturated heterocycles. The average molecular weight is 281 g/mol. The highest BCUT2D eigenvalue weighted by Crippen LogP contribution is 2.29. The summed E-state index contributed by atoms with van der Waals surface area (Å²) in [5.74, 6) is -1.00. The van der Waals surface area contributed by atoms with Crippen LogP contribution in [0.3, 0.4) is 0 Å². The van der Waals surface area contributed by atoms with Gasteiger partial charge in [-0.1, -0.05) is 0 Å². The summed E-state index contributed by atoms with van der Waals surface area (Å²) in [6.45, 7) is 2.88. The van der Waals surface area contributed by atoms with Crippen molar-refractivity contribution in [3.63, 3.8) is 0 Å². The molecule has 0 radical (unpaired) electrons. The molecule has 5 nitrogen and oxygen atoms in total. The van der Waals surface area contributed by atoms with E-state index in [0.29, 0.717) is 18.7 Å². The van der Waals surface area contributed by atoms with E-state index in [2.05, 4.69) is 0 Å². The number of carbonyl (C=O) groups excluding carboxylic acids is 1. The molecule has 0 fully saturated rings. The smallest absolute Gasteiger partial charge is 0.410 e. The van der Waals surface area contributed by atoms with Gasteiger partial charge in [-0.15, -0.1) is 11.3 Å². The fourth-order valence-electron chi connectivity index (χ4n) is 2.07. The third-order valence-electron chi connectivity index (χ3n) is 2.89. The van der Waals surface area contributed by atoms with Crippen LogP contribution in [0.5, 0.6) is 0 Å². The predicted molar refractivity (Wildman–Crippen MR) is 72.2 cm³/mol. The average Bonchev–Trinajstić information content (AvgIpc) is 2.75. The van der Waals surface area contributed by atoms with Crippen LogP contribution in [0.15, 0.2) is 17.5 Å². The molecule has 0 aliphatic carbocycles. The summed E-state index contributed by atoms with van der Waals surface area (Å²) >= 11 is 1.58. The van der Waals surface area contributed by atoms with Gasteiger partial charge in [0.05, 0.1) is 6.61 Å². The maximum absolute atomic E-state index is 11.8. The largest absolute Gasteiger partial charge is 0.478 e. The van der Waals surface area contributed by atoms with Crippen LogP contribution in [-0.4, -0.2) is 41.8 Å². The van der Waals surface area contributed by atoms with Gasteiger partial charge in [-0.2, -0.15) is 0 Å². The van der Waals surface area contributed by atoms with Gasteiger partial charge in [0, 0.05) is 30.5 Å². The van der Waals surface area contributed by atoms with Crippen LogP contribution in [0.1, 0.15) is 17.4 Å². The first-order valence-corrected chi connectivity index (χ1v) is 6.91. The molecule has 6 heteroatoms. The molecule has 0 spiro atoms. The Hall–Kier alpha value is -1.82. The number of fused-ring (bicyclic) bond motifs is 1. The van der Waals surface area contributed by atoms with Gasteiger partial charge in [-0.25, -0.2) is 9.59 Å². The van der Waals surface area contributed by atoms with Gasteiger partial charge in [-0.3, -0.25) is 0 Å². The fourth-order valence-corrected chi connectivity index (χ4v) is 2.97. The highest BCUT2D eigenvalue weighted by atomic mass is 32.1. The van der Waals surface area contributed by atoms with Crippen LogP contribution in [0.2, 0.25) is 0 Å². The molecule has 102 valence electrons. The zero-order valence-electron chi connectivity index (χ0n) is 10.6. The second-order valence-corrected chi connectivity index (χ2v) is 5.14. The lowest BCUT2D eigenvalue weighted by atomic mass is 10.1. The molecule has 0 atom stereocenters. The normalized spacial score (nSPS) is 16.9. The molecule has 1 amide bonds. The van der Waals surface area contributed by atoms with Crippen LogP contribution >= 0.6 is 11.3 Å². The van der Waals surface area contributed by atoms with Crippen molar-refractivity contribution >= 4 is 29.0 Å². The Morgan fingerprint density at radius 1 is 1.58 bits per heavy atom. The Bertz CT molecular complexity index is 520. The van der Waals surface area contributed by atoms with Crippen molar-refractivity contribution in [3.8, 4) is 0 Å². The first kappa shape index (κ1) is 13.6. The van der Waals surface area contributed by atoms with E-state index in [1.807, 2.05) is 11.4 Å². The van der Waals surface area contributed by atoms with Crippen molar-refractivity contribution in [1.82, 2.24) is 4.90 Å². The number of thiophene rings is 1. The molecule has 2 rings (SSSR count). The maximum Gasteiger partial charge on any atom is 0.410 e. The number of carboxylic acids is 1. The zero-order valence-corrected chi connectivity index (χ0v) is 11.4. The van der Waals surface area contributed by atoms with E-state index in [9.17, 15) is 9.59 Å². The van der Waals surface area contributed by atoms with Crippen molar-refractivity contribution in [2.45, 2.75) is 13.3 Å². The standard InChI is InChI=1S/C13H15NO4S/c1-2-18-13(17)14-5-3-11-10(4-6-19-11)9(8-14)7-12(15)16/h4,6-7H,2-3,5,8H2,1H3,(H,15,16). The summed E-state index contributed by atoms with van der Waals surface area (Å²) in [6, 6.07) is 1.91. The molecule has 1 aromatic rings. The Labute approximate surface area is 115 Å². The van der Waals surface area contributed by atoms with E-state index in [1.54, 1.807) is 23.2 Å². The van der Waals surface area contributed by atoms with E-state index < -0.39 is 12.1 Å². The minimum atomic E-state index is -1.00. The molecular weight excluding hydrogens is 266 g/mol. The molecule has 0 saturated carbocycles. The third kappa shape index (κ3) is 3.14. The lowest BCUT2D eigenvalue weighted by molar-refractivity contribution is -0.131. The molecule has 2 heterocycles. The summed E-state index contributed by atoms with van der Waals surface area (Å²) in [6.07, 6.45) is 1.50. The summed E-state index contributed by atoms with van der Waals surface area (Å²) in [4.78, 5) is 25.4. The fraction of sp³-hybridized carbons (Fsp3) is 0.385. The molecule has 0 bridgehead atoms. The third-order valence-corrected chi connectivity index (χ3v) is 3.87. The van der Waals surface area contributed by atoms with Crippen LogP contribution in [0.25, 0.3) is 5.57 Å². The zero-order chi connectivity index (χ0) is 13.8. The van der Waals surface area contributed by atoms with Gasteiger partial charge in [0.1, 0.15) is 0 Å². The minimum Gasteiger partial charge on any atom is -0.478 e. The highest BCUT2D eigenvalue weighted by Gasteiger charge is 2.23. The summed E-state index contributed by atoms with van der Waals surface area (Å²) < 4.78 is 4.98. The minimum absolute atomic E-state index is 0.273. The number of hydrogen-bond donors (Lipinski definition) is 1. The van der Waals surface area contributed by atoms with Gasteiger partial charge in [0.2, 0.25) is 0 Å². The van der Waals surface area contributed by atoms with Crippen LogP contribution in [0.4, 0.5) is 4.79 Å². The predicted octanol–water partition coefficient (Wildman–Crippen LogP) is 2.23. The van der Waals surface area contributed by atoms with E-state index in [0.717, 1.165) is 16.9 Å². The van der Waals surface area contributed by atoms with Crippen LogP contribution in [0, 0.1) is 0 Å². The number of amides is 1. The Morgan fingerprint density at radius 2 is 2.37 bits per heavy atom. The van der Waals surface area contributed by atoms with E-state index in [1.165, 1.54) is 6.08 Å². The van der Waals surface area contributed by atoms with Crippen molar-refractivity contribution in [1.29, 1.82) is 0 Å². The molecular formula is C13H15NO4S. The van der Waals surface area contributed by atoms with Gasteiger partial charge in [0.25, 0.3) is 0 Å². The first-order valence-electron chi connectivity index (χ1n) is 6.03. The number of rotatable bonds is 2. The summed E-state index contributed by atoms with van der Waals surface area (Å²) in [7, 11) is 0. The monoisotopic (exact) mass is 281 g/mol. The number of carbonyl (C=O) groups is 2. The van der Waals surface area contributed by atoms with Crippen molar-refractivity contribution in [2.24, 2.45) is 0 Å². The molecule has 1 aromatic heterocycles. The molecule has 0 aromatic carbocycles. The van der Waals surface area contributed by atoms with Crippen molar-refractivity contribution in [3.05, 3.63) is 28.0 Å². The second kappa shape index (κ2) is 5.88. The van der Waals surface area contributed by atoms with Crippen molar-refractivity contribution in [2.75, 3.05) is 19.7 Å². The molecule has 1 N–H and O–H groups in total. The molecule has 1 aliphatic heterocycles. The second-order valence-electron chi connectivity index (χ2n) is 4.14. The number of carboxylic acid groups (broad SMARTS) is 1. The van der Waals surface area contributed by atoms with Gasteiger partial charge < -0.3 is 14.7 Å². The molecule has 0 unspecified atom stereocenters. The van der Waals surface area contributed by atoms with E-state index in [-0.39, 0.29) is 6.54 Å². The van der Waals surface area contributed by atoms with E-state index in [4.69, 9.17) is 9.84 Å². The number of nitrogens with zero attached hydrogens (tertiary/aromatic N) is 1. The lowest BCUT2D eigenvalue weighted by Crippen LogP contribution is -2.33. The quantitative estimate of drug-likeness (QED) is 0.844. The van der Waals surface area contributed by atoms with Gasteiger partial charge >= 0.3 is 12.1 Å². The summed E-state index contributed by atoms with van der Waals surface area (Å²) in [5.41, 5.74) is 1.58. The van der Waals surface area contributed by atoms with E-state index >= 15 is 0 Å². The topological polar surface area (TPSA) is 66.8 Å². The van der Waals surface area contributed by atoms with Crippen molar-refractivity contribution < 1.29 is 19.4 Å². The Morgan fingerprint density at radius 3 is 3.05 bits per heavy atom. The highest BCUT2D eigenvalue weighted by molar-refractivity contribution is 7.10. The Kier molecular flexibility index (Phi) is 4.21. The molecule has 1 aliphatic rings. The number of hydrogen-bond acceptors (Lipinski definition) is 4. The summed E-state index contributed by atoms with van der Waals surface area (Å²) in [5, 5.41) is 10.9. The van der Waals surface area contributed by atoms with Gasteiger partial charge in [-0.05, 0) is 29.5 Å². The number of ether oxygens (including phenoxy) is 1.